The number of nitrogens with zero attached hydrogens (tertiary/aromatic N) is 3. The first-order valence-corrected chi connectivity index (χ1v) is 7.51. The lowest BCUT2D eigenvalue weighted by Gasteiger charge is -2.16. The summed E-state index contributed by atoms with van der Waals surface area (Å²) in [7, 11) is 4.00. The molecule has 1 rings (SSSR count). The lowest BCUT2D eigenvalue weighted by molar-refractivity contribution is 0.371. The Kier molecular flexibility index (Phi) is 6.77. The molecule has 0 spiro atoms. The molecule has 1 heterocycles. The summed E-state index contributed by atoms with van der Waals surface area (Å²) in [5.74, 6) is -0.116. The average molecular weight is 312 g/mol. The number of aromatic hydroxyl groups is 1. The predicted octanol–water partition coefficient (Wildman–Crippen LogP) is 1.95. The van der Waals surface area contributed by atoms with Gasteiger partial charge in [0.25, 0.3) is 5.56 Å². The minimum atomic E-state index is -0.409. The minimum absolute atomic E-state index is 0.00948. The van der Waals surface area contributed by atoms with Crippen LogP contribution >= 0.6 is 12.2 Å². The molecule has 0 aliphatic heterocycles. The van der Waals surface area contributed by atoms with Crippen LogP contribution in [0, 0.1) is 4.77 Å². The van der Waals surface area contributed by atoms with Gasteiger partial charge in [-0.1, -0.05) is 6.92 Å². The zero-order valence-corrected chi connectivity index (χ0v) is 13.9. The SMILES string of the molecule is CC[C@H](C)n1c(O)c(C=NCCCN(C)C)c(=O)[nH]c1=S. The molecule has 2 N–H and O–H groups in total. The number of hydrogen-bond donors (Lipinski definition) is 2. The Labute approximate surface area is 130 Å². The van der Waals surface area contributed by atoms with Gasteiger partial charge in [-0.2, -0.15) is 0 Å². The van der Waals surface area contributed by atoms with Crippen molar-refractivity contribution in [3.8, 4) is 5.88 Å². The van der Waals surface area contributed by atoms with Crippen LogP contribution in [0.3, 0.4) is 0 Å². The quantitative estimate of drug-likeness (QED) is 0.458. The van der Waals surface area contributed by atoms with Crippen LogP contribution in [0.25, 0.3) is 0 Å². The number of hydrogen-bond acceptors (Lipinski definition) is 5. The second-order valence-corrected chi connectivity index (χ2v) is 5.70. The molecule has 0 bridgehead atoms. The van der Waals surface area contributed by atoms with Crippen molar-refractivity contribution < 1.29 is 5.11 Å². The summed E-state index contributed by atoms with van der Waals surface area (Å²) in [4.78, 5) is 20.8. The molecule has 118 valence electrons. The smallest absolute Gasteiger partial charge is 0.264 e. The molecule has 0 radical (unpaired) electrons. The van der Waals surface area contributed by atoms with Gasteiger partial charge in [0, 0.05) is 18.8 Å². The molecule has 6 nitrogen and oxygen atoms in total. The van der Waals surface area contributed by atoms with Gasteiger partial charge in [-0.3, -0.25) is 19.3 Å². The largest absolute Gasteiger partial charge is 0.494 e. The maximum absolute atomic E-state index is 11.9. The first kappa shape index (κ1) is 17.6. The highest BCUT2D eigenvalue weighted by molar-refractivity contribution is 7.71. The molecule has 21 heavy (non-hydrogen) atoms. The molecule has 0 unspecified atom stereocenters. The molecule has 1 atom stereocenters. The number of aromatic amines is 1. The summed E-state index contributed by atoms with van der Waals surface area (Å²) >= 11 is 5.11. The molecule has 0 amide bonds. The van der Waals surface area contributed by atoms with E-state index in [0.717, 1.165) is 19.4 Å². The number of H-pyrrole nitrogens is 1. The predicted molar refractivity (Wildman–Crippen MR) is 88.2 cm³/mol. The molecule has 0 saturated heterocycles. The van der Waals surface area contributed by atoms with Gasteiger partial charge in [-0.25, -0.2) is 0 Å². The van der Waals surface area contributed by atoms with Crippen molar-refractivity contribution in [2.45, 2.75) is 32.7 Å². The summed E-state index contributed by atoms with van der Waals surface area (Å²) in [5.41, 5.74) is -0.248. The van der Waals surface area contributed by atoms with Crippen molar-refractivity contribution in [1.29, 1.82) is 0 Å². The molecular formula is C14H24N4O2S. The molecule has 1 aromatic heterocycles. The Bertz CT molecular complexity index is 604. The fourth-order valence-electron chi connectivity index (χ4n) is 1.89. The highest BCUT2D eigenvalue weighted by atomic mass is 32.1. The molecule has 0 aliphatic rings. The van der Waals surface area contributed by atoms with E-state index in [1.165, 1.54) is 6.21 Å². The van der Waals surface area contributed by atoms with E-state index >= 15 is 0 Å². The number of aliphatic imine (C=N–C) groups is 1. The summed E-state index contributed by atoms with van der Waals surface area (Å²) in [5, 5.41) is 10.3. The van der Waals surface area contributed by atoms with Crippen LogP contribution in [0.1, 0.15) is 38.3 Å². The van der Waals surface area contributed by atoms with Crippen molar-refractivity contribution in [3.63, 3.8) is 0 Å². The number of nitrogens with one attached hydrogen (secondary N) is 1. The van der Waals surface area contributed by atoms with E-state index in [-0.39, 0.29) is 22.3 Å². The normalized spacial score (nSPS) is 13.2. The second kappa shape index (κ2) is 8.09. The fraction of sp³-hybridized carbons (Fsp3) is 0.643. The van der Waals surface area contributed by atoms with E-state index < -0.39 is 5.56 Å². The molecule has 7 heteroatoms. The molecule has 0 aliphatic carbocycles. The Morgan fingerprint density at radius 1 is 1.52 bits per heavy atom. The summed E-state index contributed by atoms with van der Waals surface area (Å²) < 4.78 is 1.79. The van der Waals surface area contributed by atoms with Gasteiger partial charge < -0.3 is 10.0 Å². The number of rotatable bonds is 7. The lowest BCUT2D eigenvalue weighted by Crippen LogP contribution is -2.20. The molecule has 0 saturated carbocycles. The third-order valence-electron chi connectivity index (χ3n) is 3.30. The Hall–Kier alpha value is -1.47. The molecule has 0 fully saturated rings. The van der Waals surface area contributed by atoms with Crippen molar-refractivity contribution in [1.82, 2.24) is 14.5 Å². The van der Waals surface area contributed by atoms with Crippen molar-refractivity contribution >= 4 is 18.4 Å². The van der Waals surface area contributed by atoms with Crippen LogP contribution in [0.2, 0.25) is 0 Å². The monoisotopic (exact) mass is 312 g/mol. The highest BCUT2D eigenvalue weighted by Crippen LogP contribution is 2.19. The first-order chi connectivity index (χ1) is 9.88. The van der Waals surface area contributed by atoms with E-state index in [4.69, 9.17) is 12.2 Å². The molecular weight excluding hydrogens is 288 g/mol. The van der Waals surface area contributed by atoms with E-state index in [9.17, 15) is 9.90 Å². The zero-order valence-electron chi connectivity index (χ0n) is 13.1. The third-order valence-corrected chi connectivity index (χ3v) is 3.60. The Morgan fingerprint density at radius 3 is 2.76 bits per heavy atom. The number of aromatic nitrogens is 2. The fourth-order valence-corrected chi connectivity index (χ4v) is 2.25. The van der Waals surface area contributed by atoms with Gasteiger partial charge in [-0.05, 0) is 52.6 Å². The zero-order chi connectivity index (χ0) is 16.0. The van der Waals surface area contributed by atoms with Gasteiger partial charge in [0.05, 0.1) is 0 Å². The third kappa shape index (κ3) is 4.78. The summed E-state index contributed by atoms with van der Waals surface area (Å²) in [6.07, 6.45) is 3.12. The minimum Gasteiger partial charge on any atom is -0.494 e. The summed E-state index contributed by atoms with van der Waals surface area (Å²) in [6.45, 7) is 5.46. The van der Waals surface area contributed by atoms with Crippen LogP contribution in [0.4, 0.5) is 0 Å². The topological polar surface area (TPSA) is 73.6 Å². The van der Waals surface area contributed by atoms with Gasteiger partial charge in [0.1, 0.15) is 5.56 Å². The highest BCUT2D eigenvalue weighted by Gasteiger charge is 2.14. The van der Waals surface area contributed by atoms with Crippen LogP contribution in [0.5, 0.6) is 5.88 Å². The second-order valence-electron chi connectivity index (χ2n) is 5.32. The van der Waals surface area contributed by atoms with Gasteiger partial charge in [0.15, 0.2) is 4.77 Å². The van der Waals surface area contributed by atoms with Crippen molar-refractivity contribution in [3.05, 3.63) is 20.7 Å². The van der Waals surface area contributed by atoms with Crippen molar-refractivity contribution in [2.24, 2.45) is 4.99 Å². The lowest BCUT2D eigenvalue weighted by atomic mass is 10.2. The van der Waals surface area contributed by atoms with E-state index in [1.54, 1.807) is 4.57 Å². The van der Waals surface area contributed by atoms with Crippen LogP contribution in [-0.2, 0) is 0 Å². The molecule has 0 aromatic carbocycles. The van der Waals surface area contributed by atoms with Crippen LogP contribution < -0.4 is 5.56 Å². The van der Waals surface area contributed by atoms with Crippen LogP contribution in [-0.4, -0.2) is 53.0 Å². The van der Waals surface area contributed by atoms with Crippen molar-refractivity contribution in [2.75, 3.05) is 27.2 Å². The summed E-state index contributed by atoms with van der Waals surface area (Å²) in [6, 6.07) is 0.00948. The van der Waals surface area contributed by atoms with Gasteiger partial charge in [-0.15, -0.1) is 0 Å². The average Bonchev–Trinajstić information content (AvgIpc) is 2.40. The molecule has 1 aromatic rings. The standard InChI is InChI=1S/C14H24N4O2S/c1-5-10(2)18-13(20)11(12(19)16-14(18)21)9-15-7-6-8-17(3)4/h9-10,20H,5-8H2,1-4H3,(H,16,19,21)/t10-/m0/s1. The first-order valence-electron chi connectivity index (χ1n) is 7.10. The van der Waals surface area contributed by atoms with E-state index in [2.05, 4.69) is 14.9 Å². The van der Waals surface area contributed by atoms with Gasteiger partial charge in [0.2, 0.25) is 5.88 Å². The van der Waals surface area contributed by atoms with Gasteiger partial charge >= 0.3 is 0 Å². The van der Waals surface area contributed by atoms with E-state index in [1.807, 2.05) is 27.9 Å². The maximum atomic E-state index is 11.9. The Morgan fingerprint density at radius 2 is 2.19 bits per heavy atom. The maximum Gasteiger partial charge on any atom is 0.264 e. The Balaban J connectivity index is 3.00. The van der Waals surface area contributed by atoms with E-state index in [0.29, 0.717) is 6.54 Å². The van der Waals surface area contributed by atoms with Crippen LogP contribution in [0.15, 0.2) is 9.79 Å².